The van der Waals surface area contributed by atoms with Crippen LogP contribution in [-0.2, 0) is 22.6 Å². The number of hydrogen-bond donors (Lipinski definition) is 1. The van der Waals surface area contributed by atoms with E-state index in [1.807, 2.05) is 49.4 Å². The predicted molar refractivity (Wildman–Crippen MR) is 153 cm³/mol. The monoisotopic (exact) mass is 541 g/mol. The number of ether oxygens (including phenoxy) is 3. The molecule has 7 nitrogen and oxygen atoms in total. The van der Waals surface area contributed by atoms with E-state index in [4.69, 9.17) is 14.2 Å². The van der Waals surface area contributed by atoms with E-state index in [0.29, 0.717) is 35.7 Å². The number of carbonyl (C=O) groups excluding carboxylic acids is 2. The first-order valence-electron chi connectivity index (χ1n) is 13.8. The smallest absolute Gasteiger partial charge is 0.295 e. The van der Waals surface area contributed by atoms with Crippen molar-refractivity contribution in [1.29, 1.82) is 0 Å². The van der Waals surface area contributed by atoms with Gasteiger partial charge in [0.1, 0.15) is 17.6 Å². The largest absolute Gasteiger partial charge is 0.507 e. The summed E-state index contributed by atoms with van der Waals surface area (Å²) in [5.74, 6) is 0.275. The van der Waals surface area contributed by atoms with Crippen molar-refractivity contribution in [2.45, 2.75) is 58.2 Å². The number of amides is 1. The van der Waals surface area contributed by atoms with Crippen LogP contribution in [0.1, 0.15) is 61.4 Å². The first-order valence-corrected chi connectivity index (χ1v) is 13.8. The van der Waals surface area contributed by atoms with E-state index in [1.54, 1.807) is 31.4 Å². The fraction of sp³-hybridized carbons (Fsp3) is 0.333. The summed E-state index contributed by atoms with van der Waals surface area (Å²) >= 11 is 0. The third kappa shape index (κ3) is 5.41. The first-order chi connectivity index (χ1) is 19.4. The second kappa shape index (κ2) is 11.9. The van der Waals surface area contributed by atoms with E-state index in [1.165, 1.54) is 4.90 Å². The molecule has 7 heteroatoms. The minimum absolute atomic E-state index is 0.0408. The molecule has 1 amide bonds. The van der Waals surface area contributed by atoms with Crippen LogP contribution in [0.15, 0.2) is 72.3 Å². The van der Waals surface area contributed by atoms with Crippen LogP contribution < -0.4 is 14.2 Å². The Morgan fingerprint density at radius 3 is 2.58 bits per heavy atom. The molecule has 2 atom stereocenters. The van der Waals surface area contributed by atoms with Crippen LogP contribution in [-0.4, -0.2) is 41.5 Å². The standard InChI is InChI=1S/C33H35NO6/c1-4-5-9-16-39-27-15-12-23(19-28(27)38-3)30-29(31(35)24-13-14-26-25(18-24)17-21(2)40-26)32(36)33(37)34(30)20-22-10-7-6-8-11-22/h6-8,10-15,18-19,21,30,35H,4-5,9,16-17,20H2,1-3H3/b31-29+/t21-,30-/m1/s1. The topological polar surface area (TPSA) is 85.3 Å². The van der Waals surface area contributed by atoms with Crippen molar-refractivity contribution in [3.8, 4) is 17.2 Å². The van der Waals surface area contributed by atoms with Gasteiger partial charge in [-0.1, -0.05) is 56.2 Å². The quantitative estimate of drug-likeness (QED) is 0.142. The maximum Gasteiger partial charge on any atom is 0.295 e. The maximum absolute atomic E-state index is 13.5. The van der Waals surface area contributed by atoms with Gasteiger partial charge in [-0.3, -0.25) is 9.59 Å². The van der Waals surface area contributed by atoms with E-state index in [2.05, 4.69) is 6.92 Å². The third-order valence-corrected chi connectivity index (χ3v) is 7.41. The van der Waals surface area contributed by atoms with Crippen molar-refractivity contribution >= 4 is 17.4 Å². The molecule has 3 aromatic carbocycles. The Bertz CT molecular complexity index is 1430. The molecule has 40 heavy (non-hydrogen) atoms. The molecule has 2 aliphatic rings. The molecule has 2 heterocycles. The fourth-order valence-corrected chi connectivity index (χ4v) is 5.40. The number of carbonyl (C=O) groups is 2. The molecule has 1 fully saturated rings. The molecule has 1 N–H and O–H groups in total. The number of fused-ring (bicyclic) bond motifs is 1. The molecule has 0 aliphatic carbocycles. The molecular weight excluding hydrogens is 506 g/mol. The molecule has 1 saturated heterocycles. The molecule has 0 aromatic heterocycles. The SMILES string of the molecule is CCCCCOc1ccc([C@@H]2/C(=C(\O)c3ccc4c(c3)C[C@@H](C)O4)C(=O)C(=O)N2Cc2ccccc2)cc1OC. The van der Waals surface area contributed by atoms with E-state index in [0.717, 1.165) is 36.1 Å². The van der Waals surface area contributed by atoms with Gasteiger partial charge in [-0.15, -0.1) is 0 Å². The van der Waals surface area contributed by atoms with Crippen LogP contribution in [0.25, 0.3) is 5.76 Å². The normalized spacial score (nSPS) is 19.4. The average Bonchev–Trinajstić information content (AvgIpc) is 3.46. The summed E-state index contributed by atoms with van der Waals surface area (Å²) in [5, 5.41) is 11.6. The lowest BCUT2D eigenvalue weighted by Crippen LogP contribution is -2.29. The molecule has 2 aliphatic heterocycles. The second-order valence-corrected chi connectivity index (χ2v) is 10.3. The molecule has 0 spiro atoms. The Morgan fingerprint density at radius 1 is 1.02 bits per heavy atom. The van der Waals surface area contributed by atoms with Gasteiger partial charge in [0.2, 0.25) is 0 Å². The summed E-state index contributed by atoms with van der Waals surface area (Å²) < 4.78 is 17.4. The number of methoxy groups -OCH3 is 1. The van der Waals surface area contributed by atoms with E-state index >= 15 is 0 Å². The van der Waals surface area contributed by atoms with Crippen molar-refractivity contribution in [3.63, 3.8) is 0 Å². The Kier molecular flexibility index (Phi) is 8.10. The minimum atomic E-state index is -0.813. The number of likely N-dealkylation sites (tertiary alicyclic amines) is 1. The zero-order valence-corrected chi connectivity index (χ0v) is 23.2. The summed E-state index contributed by atoms with van der Waals surface area (Å²) in [7, 11) is 1.56. The molecular formula is C33H35NO6. The summed E-state index contributed by atoms with van der Waals surface area (Å²) in [4.78, 5) is 28.5. The Morgan fingerprint density at radius 2 is 1.82 bits per heavy atom. The third-order valence-electron chi connectivity index (χ3n) is 7.41. The Hall–Kier alpha value is -4.26. The van der Waals surface area contributed by atoms with Crippen molar-refractivity contribution in [2.24, 2.45) is 0 Å². The molecule has 0 bridgehead atoms. The number of ketones is 1. The van der Waals surface area contributed by atoms with Crippen LogP contribution >= 0.6 is 0 Å². The highest BCUT2D eigenvalue weighted by Gasteiger charge is 2.46. The number of rotatable bonds is 10. The Labute approximate surface area is 235 Å². The molecule has 5 rings (SSSR count). The number of nitrogens with zero attached hydrogens (tertiary/aromatic N) is 1. The minimum Gasteiger partial charge on any atom is -0.507 e. The number of unbranched alkanes of at least 4 members (excludes halogenated alkanes) is 2. The molecule has 208 valence electrons. The van der Waals surface area contributed by atoms with Crippen LogP contribution in [0, 0.1) is 0 Å². The van der Waals surface area contributed by atoms with Gasteiger partial charge in [-0.05, 0) is 60.4 Å². The lowest BCUT2D eigenvalue weighted by Gasteiger charge is -2.26. The van der Waals surface area contributed by atoms with E-state index in [-0.39, 0.29) is 24.0 Å². The number of benzene rings is 3. The van der Waals surface area contributed by atoms with E-state index in [9.17, 15) is 14.7 Å². The van der Waals surface area contributed by atoms with Crippen LogP contribution in [0.2, 0.25) is 0 Å². The lowest BCUT2D eigenvalue weighted by molar-refractivity contribution is -0.140. The van der Waals surface area contributed by atoms with Crippen LogP contribution in [0.4, 0.5) is 0 Å². The summed E-state index contributed by atoms with van der Waals surface area (Å²) in [6.07, 6.45) is 3.85. The summed E-state index contributed by atoms with van der Waals surface area (Å²) in [5.41, 5.74) is 3.00. The average molecular weight is 542 g/mol. The van der Waals surface area contributed by atoms with Gasteiger partial charge < -0.3 is 24.2 Å². The lowest BCUT2D eigenvalue weighted by atomic mass is 9.94. The molecule has 0 radical (unpaired) electrons. The number of hydrogen-bond acceptors (Lipinski definition) is 6. The zero-order chi connectivity index (χ0) is 28.2. The van der Waals surface area contributed by atoms with Crippen molar-refractivity contribution < 1.29 is 28.9 Å². The fourth-order valence-electron chi connectivity index (χ4n) is 5.40. The second-order valence-electron chi connectivity index (χ2n) is 10.3. The van der Waals surface area contributed by atoms with Gasteiger partial charge in [0.05, 0.1) is 25.3 Å². The molecule has 0 unspecified atom stereocenters. The first kappa shape index (κ1) is 27.3. The van der Waals surface area contributed by atoms with Gasteiger partial charge in [-0.2, -0.15) is 0 Å². The van der Waals surface area contributed by atoms with Crippen LogP contribution in [0.3, 0.4) is 0 Å². The van der Waals surface area contributed by atoms with Gasteiger partial charge in [0.15, 0.2) is 11.5 Å². The number of aliphatic hydroxyl groups is 1. The number of aliphatic hydroxyl groups excluding tert-OH is 1. The summed E-state index contributed by atoms with van der Waals surface area (Å²) in [6.45, 7) is 4.90. The van der Waals surface area contributed by atoms with Crippen LogP contribution in [0.5, 0.6) is 17.2 Å². The van der Waals surface area contributed by atoms with E-state index < -0.39 is 17.7 Å². The maximum atomic E-state index is 13.5. The number of Topliss-reactive ketones (excluding diaryl/α,β-unsaturated/α-hetero) is 1. The molecule has 0 saturated carbocycles. The molecule has 3 aromatic rings. The van der Waals surface area contributed by atoms with Gasteiger partial charge in [-0.25, -0.2) is 0 Å². The van der Waals surface area contributed by atoms with Crippen molar-refractivity contribution in [2.75, 3.05) is 13.7 Å². The zero-order valence-electron chi connectivity index (χ0n) is 23.2. The van der Waals surface area contributed by atoms with Gasteiger partial charge >= 0.3 is 0 Å². The van der Waals surface area contributed by atoms with Gasteiger partial charge in [0.25, 0.3) is 11.7 Å². The highest BCUT2D eigenvalue weighted by atomic mass is 16.5. The van der Waals surface area contributed by atoms with Gasteiger partial charge in [0, 0.05) is 18.5 Å². The van der Waals surface area contributed by atoms with Crippen molar-refractivity contribution in [3.05, 3.63) is 94.6 Å². The van der Waals surface area contributed by atoms with Crippen molar-refractivity contribution in [1.82, 2.24) is 4.90 Å². The summed E-state index contributed by atoms with van der Waals surface area (Å²) in [6, 6.07) is 19.5. The Balaban J connectivity index is 1.58. The highest BCUT2D eigenvalue weighted by Crippen LogP contribution is 2.43. The highest BCUT2D eigenvalue weighted by molar-refractivity contribution is 6.46. The predicted octanol–water partition coefficient (Wildman–Crippen LogP) is 6.21.